The fourth-order valence-corrected chi connectivity index (χ4v) is 2.15. The predicted molar refractivity (Wildman–Crippen MR) is 70.9 cm³/mol. The van der Waals surface area contributed by atoms with Gasteiger partial charge in [0.25, 0.3) is 5.56 Å². The van der Waals surface area contributed by atoms with E-state index in [2.05, 4.69) is 19.9 Å². The molecule has 0 radical (unpaired) electrons. The number of fused-ring (bicyclic) bond motifs is 2. The summed E-state index contributed by atoms with van der Waals surface area (Å²) in [5, 5.41) is 0. The van der Waals surface area contributed by atoms with Crippen molar-refractivity contribution < 1.29 is 0 Å². The molecule has 3 heterocycles. The second kappa shape index (κ2) is 3.55. The number of aromatic nitrogens is 5. The van der Waals surface area contributed by atoms with Gasteiger partial charge in [0, 0.05) is 6.20 Å². The minimum atomic E-state index is -0.157. The number of aromatic amines is 2. The molecule has 0 saturated carbocycles. The molecule has 0 saturated heterocycles. The molecule has 0 aliphatic rings. The number of hydrogen-bond acceptors (Lipinski definition) is 3. The van der Waals surface area contributed by atoms with Crippen LogP contribution in [0.25, 0.3) is 28.2 Å². The quantitative estimate of drug-likeness (QED) is 0.539. The van der Waals surface area contributed by atoms with Crippen LogP contribution in [-0.4, -0.2) is 24.3 Å². The molecule has 0 unspecified atom stereocenters. The standard InChI is InChI=1S/C13H9N5O/c19-12-10-11(15-7-14-10)17-13-16-9(6-18(12)13)8-4-2-1-3-5-8/h1-7H,(H,14,15)(H,16,17). The van der Waals surface area contributed by atoms with Crippen LogP contribution in [0.4, 0.5) is 0 Å². The van der Waals surface area contributed by atoms with E-state index in [9.17, 15) is 4.79 Å². The molecule has 6 nitrogen and oxygen atoms in total. The number of nitrogens with zero attached hydrogens (tertiary/aromatic N) is 3. The molecule has 0 aliphatic carbocycles. The van der Waals surface area contributed by atoms with Crippen molar-refractivity contribution in [2.45, 2.75) is 0 Å². The van der Waals surface area contributed by atoms with E-state index in [1.165, 1.54) is 10.7 Å². The highest BCUT2D eigenvalue weighted by Crippen LogP contribution is 2.17. The molecule has 0 amide bonds. The molecule has 4 rings (SSSR count). The lowest BCUT2D eigenvalue weighted by Gasteiger charge is -1.93. The van der Waals surface area contributed by atoms with Gasteiger partial charge in [-0.05, 0) is 5.56 Å². The molecule has 0 spiro atoms. The first-order chi connectivity index (χ1) is 9.33. The van der Waals surface area contributed by atoms with Crippen LogP contribution in [0.15, 0.2) is 47.7 Å². The van der Waals surface area contributed by atoms with Crippen LogP contribution in [0, 0.1) is 0 Å². The lowest BCUT2D eigenvalue weighted by atomic mass is 10.2. The van der Waals surface area contributed by atoms with Crippen molar-refractivity contribution in [3.8, 4) is 11.3 Å². The predicted octanol–water partition coefficient (Wildman–Crippen LogP) is 1.57. The second-order valence-electron chi connectivity index (χ2n) is 4.25. The Kier molecular flexibility index (Phi) is 1.88. The van der Waals surface area contributed by atoms with Gasteiger partial charge in [0.15, 0.2) is 11.2 Å². The van der Waals surface area contributed by atoms with Crippen LogP contribution in [0.3, 0.4) is 0 Å². The number of nitrogens with one attached hydrogen (secondary N) is 2. The van der Waals surface area contributed by atoms with E-state index in [1.54, 1.807) is 6.20 Å². The van der Waals surface area contributed by atoms with Crippen LogP contribution in [0.5, 0.6) is 0 Å². The summed E-state index contributed by atoms with van der Waals surface area (Å²) in [5.41, 5.74) is 2.53. The SMILES string of the molecule is O=c1c2[nH]cnc2nc2[nH]c(-c3ccccc3)cn12. The molecule has 3 aromatic heterocycles. The normalized spacial score (nSPS) is 11.4. The van der Waals surface area contributed by atoms with Crippen LogP contribution < -0.4 is 5.56 Å². The van der Waals surface area contributed by atoms with E-state index in [4.69, 9.17) is 0 Å². The van der Waals surface area contributed by atoms with E-state index in [1.807, 2.05) is 30.3 Å². The molecule has 0 fully saturated rings. The summed E-state index contributed by atoms with van der Waals surface area (Å²) in [7, 11) is 0. The van der Waals surface area contributed by atoms with Crippen LogP contribution in [0.1, 0.15) is 0 Å². The molecule has 1 aromatic carbocycles. The van der Waals surface area contributed by atoms with Crippen molar-refractivity contribution in [3.63, 3.8) is 0 Å². The highest BCUT2D eigenvalue weighted by atomic mass is 16.1. The van der Waals surface area contributed by atoms with Crippen LogP contribution in [0.2, 0.25) is 0 Å². The molecule has 19 heavy (non-hydrogen) atoms. The third-order valence-electron chi connectivity index (χ3n) is 3.08. The second-order valence-corrected chi connectivity index (χ2v) is 4.25. The van der Waals surface area contributed by atoms with Gasteiger partial charge in [-0.25, -0.2) is 9.38 Å². The molecule has 92 valence electrons. The summed E-state index contributed by atoms with van der Waals surface area (Å²) in [5.74, 6) is 0.489. The van der Waals surface area contributed by atoms with Gasteiger partial charge in [-0.1, -0.05) is 30.3 Å². The number of rotatable bonds is 1. The average Bonchev–Trinajstić information content (AvgIpc) is 3.06. The van der Waals surface area contributed by atoms with Gasteiger partial charge in [0.2, 0.25) is 5.78 Å². The first-order valence-corrected chi connectivity index (χ1v) is 5.83. The van der Waals surface area contributed by atoms with Gasteiger partial charge in [-0.2, -0.15) is 4.98 Å². The Morgan fingerprint density at radius 3 is 2.84 bits per heavy atom. The van der Waals surface area contributed by atoms with E-state index >= 15 is 0 Å². The monoisotopic (exact) mass is 251 g/mol. The van der Waals surface area contributed by atoms with Gasteiger partial charge in [0.05, 0.1) is 12.0 Å². The number of hydrogen-bond donors (Lipinski definition) is 2. The van der Waals surface area contributed by atoms with Crippen LogP contribution >= 0.6 is 0 Å². The Hall–Kier alpha value is -2.89. The summed E-state index contributed by atoms with van der Waals surface area (Å²) in [6.45, 7) is 0. The molecule has 2 N–H and O–H groups in total. The van der Waals surface area contributed by atoms with Crippen molar-refractivity contribution in [2.24, 2.45) is 0 Å². The minimum absolute atomic E-state index is 0.157. The number of imidazole rings is 2. The van der Waals surface area contributed by atoms with E-state index in [0.717, 1.165) is 11.3 Å². The van der Waals surface area contributed by atoms with Gasteiger partial charge < -0.3 is 9.97 Å². The van der Waals surface area contributed by atoms with Gasteiger partial charge >= 0.3 is 0 Å². The minimum Gasteiger partial charge on any atom is -0.339 e. The zero-order valence-electron chi connectivity index (χ0n) is 9.79. The third-order valence-corrected chi connectivity index (χ3v) is 3.08. The lowest BCUT2D eigenvalue weighted by molar-refractivity contribution is 1.08. The summed E-state index contributed by atoms with van der Waals surface area (Å²) in [6.07, 6.45) is 3.22. The maximum Gasteiger partial charge on any atom is 0.285 e. The van der Waals surface area contributed by atoms with E-state index in [-0.39, 0.29) is 5.56 Å². The Labute approximate surface area is 106 Å². The number of H-pyrrole nitrogens is 2. The Bertz CT molecular complexity index is 932. The Morgan fingerprint density at radius 2 is 2.00 bits per heavy atom. The maximum atomic E-state index is 12.2. The summed E-state index contributed by atoms with van der Waals surface area (Å²) in [6, 6.07) is 9.79. The first kappa shape index (κ1) is 10.1. The van der Waals surface area contributed by atoms with Gasteiger partial charge in [-0.3, -0.25) is 4.79 Å². The van der Waals surface area contributed by atoms with Crippen LogP contribution in [-0.2, 0) is 0 Å². The molecular formula is C13H9N5O. The Balaban J connectivity index is 2.07. The summed E-state index contributed by atoms with van der Waals surface area (Å²) < 4.78 is 1.49. The van der Waals surface area contributed by atoms with Gasteiger partial charge in [-0.15, -0.1) is 0 Å². The molecule has 0 bridgehead atoms. The lowest BCUT2D eigenvalue weighted by Crippen LogP contribution is -2.13. The smallest absolute Gasteiger partial charge is 0.285 e. The zero-order valence-corrected chi connectivity index (χ0v) is 9.79. The number of benzene rings is 1. The topological polar surface area (TPSA) is 78.8 Å². The highest BCUT2D eigenvalue weighted by molar-refractivity contribution is 5.72. The highest BCUT2D eigenvalue weighted by Gasteiger charge is 2.10. The van der Waals surface area contributed by atoms with E-state index in [0.29, 0.717) is 16.9 Å². The van der Waals surface area contributed by atoms with Crippen molar-refractivity contribution in [1.29, 1.82) is 0 Å². The van der Waals surface area contributed by atoms with Crippen molar-refractivity contribution in [1.82, 2.24) is 24.3 Å². The maximum absolute atomic E-state index is 12.2. The molecule has 0 atom stereocenters. The van der Waals surface area contributed by atoms with Crippen molar-refractivity contribution in [2.75, 3.05) is 0 Å². The zero-order chi connectivity index (χ0) is 12.8. The summed E-state index contributed by atoms with van der Waals surface area (Å²) in [4.78, 5) is 26.5. The third kappa shape index (κ3) is 1.40. The first-order valence-electron chi connectivity index (χ1n) is 5.83. The van der Waals surface area contributed by atoms with Gasteiger partial charge in [0.1, 0.15) is 0 Å². The molecular weight excluding hydrogens is 242 g/mol. The summed E-state index contributed by atoms with van der Waals surface area (Å²) >= 11 is 0. The van der Waals surface area contributed by atoms with Crippen molar-refractivity contribution in [3.05, 3.63) is 53.2 Å². The molecule has 0 aliphatic heterocycles. The fraction of sp³-hybridized carbons (Fsp3) is 0. The average molecular weight is 251 g/mol. The van der Waals surface area contributed by atoms with Crippen molar-refractivity contribution >= 4 is 16.9 Å². The fourth-order valence-electron chi connectivity index (χ4n) is 2.15. The Morgan fingerprint density at radius 1 is 1.16 bits per heavy atom. The molecule has 6 heteroatoms. The largest absolute Gasteiger partial charge is 0.339 e. The molecule has 4 aromatic rings. The van der Waals surface area contributed by atoms with E-state index < -0.39 is 0 Å².